The van der Waals surface area contributed by atoms with E-state index in [1.807, 2.05) is 0 Å². The van der Waals surface area contributed by atoms with Gasteiger partial charge in [-0.2, -0.15) is 0 Å². The highest BCUT2D eigenvalue weighted by Gasteiger charge is 2.17. The molecule has 0 atom stereocenters. The number of hydrogen-bond acceptors (Lipinski definition) is 4. The number of amides is 1. The summed E-state index contributed by atoms with van der Waals surface area (Å²) in [5.74, 6) is -2.28. The quantitative estimate of drug-likeness (QED) is 0.892. The Labute approximate surface area is 120 Å². The van der Waals surface area contributed by atoms with Crippen LogP contribution in [0.3, 0.4) is 0 Å². The van der Waals surface area contributed by atoms with Gasteiger partial charge >= 0.3 is 5.97 Å². The van der Waals surface area contributed by atoms with Crippen LogP contribution < -0.4 is 5.32 Å². The molecule has 6 nitrogen and oxygen atoms in total. The summed E-state index contributed by atoms with van der Waals surface area (Å²) in [6, 6.07) is 5.86. The first-order valence-corrected chi connectivity index (χ1v) is 6.11. The number of aromatic carboxylic acids is 1. The van der Waals surface area contributed by atoms with Gasteiger partial charge in [0, 0.05) is 15.6 Å². The fraction of sp³-hybridized carbons (Fsp3) is 0. The van der Waals surface area contributed by atoms with Gasteiger partial charge in [0.15, 0.2) is 5.69 Å². The molecule has 8 heteroatoms. The van der Waals surface area contributed by atoms with Gasteiger partial charge in [-0.1, -0.05) is 16.8 Å². The Morgan fingerprint density at radius 2 is 2.11 bits per heavy atom. The van der Waals surface area contributed by atoms with Crippen LogP contribution in [0.1, 0.15) is 21.0 Å². The van der Waals surface area contributed by atoms with Crippen molar-refractivity contribution >= 4 is 45.1 Å². The highest BCUT2D eigenvalue weighted by molar-refractivity contribution is 9.10. The Bertz CT molecular complexity index is 656. The van der Waals surface area contributed by atoms with Crippen molar-refractivity contribution in [2.24, 2.45) is 0 Å². The Morgan fingerprint density at radius 1 is 1.37 bits per heavy atom. The van der Waals surface area contributed by atoms with E-state index in [0.717, 1.165) is 6.07 Å². The highest BCUT2D eigenvalue weighted by Crippen LogP contribution is 2.26. The molecule has 2 N–H and O–H groups in total. The average molecular weight is 346 g/mol. The van der Waals surface area contributed by atoms with Crippen molar-refractivity contribution < 1.29 is 19.2 Å². The van der Waals surface area contributed by atoms with E-state index in [2.05, 4.69) is 30.9 Å². The number of nitrogens with one attached hydrogen (secondary N) is 1. The Hall–Kier alpha value is -1.86. The van der Waals surface area contributed by atoms with Crippen LogP contribution in [-0.4, -0.2) is 22.1 Å². The predicted molar refractivity (Wildman–Crippen MR) is 70.6 cm³/mol. The van der Waals surface area contributed by atoms with Crippen molar-refractivity contribution in [2.75, 3.05) is 5.32 Å². The van der Waals surface area contributed by atoms with Gasteiger partial charge in [-0.3, -0.25) is 4.79 Å². The van der Waals surface area contributed by atoms with Crippen LogP contribution in [0.2, 0.25) is 5.02 Å². The molecule has 0 spiro atoms. The molecule has 0 radical (unpaired) electrons. The van der Waals surface area contributed by atoms with Crippen LogP contribution in [0.25, 0.3) is 0 Å². The first kappa shape index (κ1) is 13.6. The standard InChI is InChI=1S/C11H6BrClN2O4/c12-6-3-5(13)1-2-7(6)14-10(16)8-4-9(11(17)18)19-15-8/h1-4H,(H,14,16)(H,17,18). The summed E-state index contributed by atoms with van der Waals surface area (Å²) in [6.07, 6.45) is 0. The molecule has 2 rings (SSSR count). The van der Waals surface area contributed by atoms with Gasteiger partial charge in [-0.25, -0.2) is 4.79 Å². The van der Waals surface area contributed by atoms with Crippen LogP contribution in [0.15, 0.2) is 33.3 Å². The summed E-state index contributed by atoms with van der Waals surface area (Å²) in [4.78, 5) is 22.4. The number of carboxylic acids is 1. The predicted octanol–water partition coefficient (Wildman–Crippen LogP) is 3.04. The molecule has 2 aromatic rings. The number of carbonyl (C=O) groups is 2. The summed E-state index contributed by atoms with van der Waals surface area (Å²) in [7, 11) is 0. The van der Waals surface area contributed by atoms with Crippen LogP contribution in [0, 0.1) is 0 Å². The Morgan fingerprint density at radius 3 is 2.68 bits per heavy atom. The zero-order chi connectivity index (χ0) is 14.0. The third-order valence-electron chi connectivity index (χ3n) is 2.13. The van der Waals surface area contributed by atoms with Gasteiger partial charge in [-0.05, 0) is 34.1 Å². The number of benzene rings is 1. The van der Waals surface area contributed by atoms with E-state index < -0.39 is 17.6 Å². The fourth-order valence-corrected chi connectivity index (χ4v) is 2.04. The van der Waals surface area contributed by atoms with Crippen molar-refractivity contribution in [1.82, 2.24) is 5.16 Å². The molecule has 0 unspecified atom stereocenters. The SMILES string of the molecule is O=C(Nc1ccc(Cl)cc1Br)c1cc(C(=O)O)on1. The minimum atomic E-state index is -1.29. The zero-order valence-corrected chi connectivity index (χ0v) is 11.5. The third-order valence-corrected chi connectivity index (χ3v) is 3.02. The number of aromatic nitrogens is 1. The lowest BCUT2D eigenvalue weighted by Gasteiger charge is -2.05. The third kappa shape index (κ3) is 3.12. The molecule has 0 saturated heterocycles. The molecule has 0 fully saturated rings. The minimum absolute atomic E-state index is 0.126. The largest absolute Gasteiger partial charge is 0.475 e. The summed E-state index contributed by atoms with van der Waals surface area (Å²) in [6.45, 7) is 0. The molecule has 0 saturated carbocycles. The molecule has 98 valence electrons. The van der Waals surface area contributed by atoms with Crippen molar-refractivity contribution in [2.45, 2.75) is 0 Å². The van der Waals surface area contributed by atoms with E-state index in [4.69, 9.17) is 16.7 Å². The van der Waals surface area contributed by atoms with Gasteiger partial charge in [-0.15, -0.1) is 0 Å². The average Bonchev–Trinajstić information content (AvgIpc) is 2.82. The van der Waals surface area contributed by atoms with Crippen molar-refractivity contribution in [3.63, 3.8) is 0 Å². The van der Waals surface area contributed by atoms with E-state index in [1.54, 1.807) is 18.2 Å². The number of rotatable bonds is 3. The van der Waals surface area contributed by atoms with E-state index in [0.29, 0.717) is 15.2 Å². The van der Waals surface area contributed by atoms with E-state index in [9.17, 15) is 9.59 Å². The first-order chi connectivity index (χ1) is 8.97. The highest BCUT2D eigenvalue weighted by atomic mass is 79.9. The Kier molecular flexibility index (Phi) is 3.87. The second-order valence-electron chi connectivity index (χ2n) is 3.46. The van der Waals surface area contributed by atoms with Crippen molar-refractivity contribution in [3.8, 4) is 0 Å². The van der Waals surface area contributed by atoms with Gasteiger partial charge in [0.2, 0.25) is 5.76 Å². The molecular weight excluding hydrogens is 339 g/mol. The van der Waals surface area contributed by atoms with Crippen LogP contribution in [0.5, 0.6) is 0 Å². The maximum atomic E-state index is 11.8. The van der Waals surface area contributed by atoms with Crippen LogP contribution >= 0.6 is 27.5 Å². The lowest BCUT2D eigenvalue weighted by molar-refractivity contribution is 0.0651. The lowest BCUT2D eigenvalue weighted by atomic mass is 10.3. The normalized spacial score (nSPS) is 10.2. The molecule has 19 heavy (non-hydrogen) atoms. The minimum Gasteiger partial charge on any atom is -0.475 e. The molecule has 0 bridgehead atoms. The van der Waals surface area contributed by atoms with Crippen LogP contribution in [0.4, 0.5) is 5.69 Å². The van der Waals surface area contributed by atoms with Gasteiger partial charge < -0.3 is 14.9 Å². The number of nitrogens with zero attached hydrogens (tertiary/aromatic N) is 1. The first-order valence-electron chi connectivity index (χ1n) is 4.94. The van der Waals surface area contributed by atoms with E-state index in [1.165, 1.54) is 0 Å². The molecule has 1 aromatic carbocycles. The van der Waals surface area contributed by atoms with E-state index in [-0.39, 0.29) is 5.69 Å². The van der Waals surface area contributed by atoms with Crippen molar-refractivity contribution in [3.05, 3.63) is 45.2 Å². The summed E-state index contributed by atoms with van der Waals surface area (Å²) in [5, 5.41) is 15.1. The number of halogens is 2. The molecule has 0 aliphatic rings. The lowest BCUT2D eigenvalue weighted by Crippen LogP contribution is -2.12. The summed E-state index contributed by atoms with van der Waals surface area (Å²) >= 11 is 9.01. The number of hydrogen-bond donors (Lipinski definition) is 2. The van der Waals surface area contributed by atoms with Crippen molar-refractivity contribution in [1.29, 1.82) is 0 Å². The van der Waals surface area contributed by atoms with Gasteiger partial charge in [0.05, 0.1) is 5.69 Å². The number of carboxylic acid groups (broad SMARTS) is 1. The van der Waals surface area contributed by atoms with Crippen LogP contribution in [-0.2, 0) is 0 Å². The fourth-order valence-electron chi connectivity index (χ4n) is 1.26. The monoisotopic (exact) mass is 344 g/mol. The summed E-state index contributed by atoms with van der Waals surface area (Å²) in [5.41, 5.74) is 0.355. The molecule has 1 aromatic heterocycles. The zero-order valence-electron chi connectivity index (χ0n) is 9.18. The topological polar surface area (TPSA) is 92.4 Å². The number of carbonyl (C=O) groups excluding carboxylic acids is 1. The van der Waals surface area contributed by atoms with Gasteiger partial charge in [0.25, 0.3) is 5.91 Å². The molecule has 0 aliphatic carbocycles. The van der Waals surface area contributed by atoms with E-state index >= 15 is 0 Å². The Balaban J connectivity index is 2.18. The maximum Gasteiger partial charge on any atom is 0.374 e. The smallest absolute Gasteiger partial charge is 0.374 e. The molecule has 1 amide bonds. The summed E-state index contributed by atoms with van der Waals surface area (Å²) < 4.78 is 5.08. The second kappa shape index (κ2) is 5.41. The molecule has 1 heterocycles. The molecular formula is C11H6BrClN2O4. The number of anilines is 1. The second-order valence-corrected chi connectivity index (χ2v) is 4.75. The molecule has 0 aliphatic heterocycles. The van der Waals surface area contributed by atoms with Gasteiger partial charge in [0.1, 0.15) is 0 Å². The maximum absolute atomic E-state index is 11.8.